The van der Waals surface area contributed by atoms with Crippen LogP contribution in [0.5, 0.6) is 0 Å². The maximum atomic E-state index is 11.4. The molecule has 0 aliphatic heterocycles. The zero-order valence-corrected chi connectivity index (χ0v) is 12.6. The molecule has 18 heavy (non-hydrogen) atoms. The van der Waals surface area contributed by atoms with Crippen molar-refractivity contribution in [2.45, 2.75) is 39.7 Å². The average Bonchev–Trinajstić information content (AvgIpc) is 2.40. The molecule has 0 aliphatic rings. The molecule has 0 spiro atoms. The van der Waals surface area contributed by atoms with Gasteiger partial charge in [0.1, 0.15) is 6.29 Å². The zero-order valence-electron chi connectivity index (χ0n) is 12.6. The van der Waals surface area contributed by atoms with Gasteiger partial charge in [0, 0.05) is 38.8 Å². The summed E-state index contributed by atoms with van der Waals surface area (Å²) < 4.78 is 10.4. The topological polar surface area (TPSA) is 38.8 Å². The van der Waals surface area contributed by atoms with E-state index in [1.54, 1.807) is 14.2 Å². The Bertz CT molecular complexity index is 217. The van der Waals surface area contributed by atoms with Crippen molar-refractivity contribution in [3.8, 4) is 0 Å². The summed E-state index contributed by atoms with van der Waals surface area (Å²) in [6, 6.07) is 0.294. The van der Waals surface area contributed by atoms with Crippen LogP contribution in [0.25, 0.3) is 0 Å². The summed E-state index contributed by atoms with van der Waals surface area (Å²) in [4.78, 5) is 13.7. The predicted molar refractivity (Wildman–Crippen MR) is 73.9 cm³/mol. The number of carbonyl (C=O) groups is 1. The number of hydrogen-bond donors (Lipinski definition) is 0. The number of nitrogens with zero attached hydrogens (tertiary/aromatic N) is 1. The molecule has 1 atom stereocenters. The fraction of sp³-hybridized carbons (Fsp3) is 0.929. The van der Waals surface area contributed by atoms with Gasteiger partial charge in [-0.15, -0.1) is 0 Å². The summed E-state index contributed by atoms with van der Waals surface area (Å²) in [5.74, 6) is 0. The molecule has 0 saturated carbocycles. The summed E-state index contributed by atoms with van der Waals surface area (Å²) in [7, 11) is 3.41. The monoisotopic (exact) mass is 259 g/mol. The SMILES string of the molecule is CCC(C=O)(CC)CN(CCOC)C(C)COC. The van der Waals surface area contributed by atoms with E-state index in [2.05, 4.69) is 25.7 Å². The van der Waals surface area contributed by atoms with Gasteiger partial charge in [-0.05, 0) is 19.8 Å². The molecule has 0 amide bonds. The van der Waals surface area contributed by atoms with Gasteiger partial charge in [0.05, 0.1) is 13.2 Å². The van der Waals surface area contributed by atoms with Crippen LogP contribution in [0.1, 0.15) is 33.6 Å². The maximum absolute atomic E-state index is 11.4. The molecule has 4 nitrogen and oxygen atoms in total. The first-order valence-corrected chi connectivity index (χ1v) is 6.77. The first-order chi connectivity index (χ1) is 8.59. The summed E-state index contributed by atoms with van der Waals surface area (Å²) in [6.07, 6.45) is 2.86. The first-order valence-electron chi connectivity index (χ1n) is 6.77. The van der Waals surface area contributed by atoms with E-state index < -0.39 is 0 Å². The van der Waals surface area contributed by atoms with Gasteiger partial charge in [-0.25, -0.2) is 0 Å². The highest BCUT2D eigenvalue weighted by atomic mass is 16.5. The van der Waals surface area contributed by atoms with Crippen LogP contribution in [0, 0.1) is 5.41 Å². The molecule has 0 fully saturated rings. The van der Waals surface area contributed by atoms with Crippen LogP contribution < -0.4 is 0 Å². The van der Waals surface area contributed by atoms with E-state index in [1.807, 2.05) is 0 Å². The Morgan fingerprint density at radius 1 is 1.22 bits per heavy atom. The fourth-order valence-corrected chi connectivity index (χ4v) is 2.09. The molecule has 0 heterocycles. The minimum atomic E-state index is -0.240. The highest BCUT2D eigenvalue weighted by molar-refractivity contribution is 5.59. The lowest BCUT2D eigenvalue weighted by Gasteiger charge is -2.36. The minimum Gasteiger partial charge on any atom is -0.383 e. The summed E-state index contributed by atoms with van der Waals surface area (Å²) in [6.45, 7) is 9.23. The van der Waals surface area contributed by atoms with Crippen LogP contribution in [0.4, 0.5) is 0 Å². The van der Waals surface area contributed by atoms with Crippen molar-refractivity contribution in [1.29, 1.82) is 0 Å². The molecule has 1 unspecified atom stereocenters. The van der Waals surface area contributed by atoms with Gasteiger partial charge in [0.15, 0.2) is 0 Å². The maximum Gasteiger partial charge on any atom is 0.127 e. The zero-order chi connectivity index (χ0) is 14.0. The Hall–Kier alpha value is -0.450. The second kappa shape index (κ2) is 9.48. The minimum absolute atomic E-state index is 0.240. The van der Waals surface area contributed by atoms with E-state index in [4.69, 9.17) is 9.47 Å². The van der Waals surface area contributed by atoms with Crippen molar-refractivity contribution in [3.05, 3.63) is 0 Å². The van der Waals surface area contributed by atoms with Crippen LogP contribution in [0.3, 0.4) is 0 Å². The number of ether oxygens (including phenoxy) is 2. The Kier molecular flexibility index (Phi) is 9.24. The number of aldehydes is 1. The molecule has 0 aromatic carbocycles. The Morgan fingerprint density at radius 3 is 2.22 bits per heavy atom. The molecule has 4 heteroatoms. The number of methoxy groups -OCH3 is 2. The normalized spacial score (nSPS) is 13.9. The van der Waals surface area contributed by atoms with E-state index in [9.17, 15) is 4.79 Å². The van der Waals surface area contributed by atoms with Crippen molar-refractivity contribution in [1.82, 2.24) is 4.90 Å². The number of rotatable bonds is 11. The van der Waals surface area contributed by atoms with E-state index >= 15 is 0 Å². The molecular formula is C14H29NO3. The third kappa shape index (κ3) is 5.46. The summed E-state index contributed by atoms with van der Waals surface area (Å²) in [5.41, 5.74) is -0.240. The van der Waals surface area contributed by atoms with E-state index in [-0.39, 0.29) is 5.41 Å². The van der Waals surface area contributed by atoms with Crippen LogP contribution in [-0.2, 0) is 14.3 Å². The van der Waals surface area contributed by atoms with Crippen molar-refractivity contribution in [2.24, 2.45) is 5.41 Å². The highest BCUT2D eigenvalue weighted by Crippen LogP contribution is 2.25. The molecular weight excluding hydrogens is 230 g/mol. The second-order valence-electron chi connectivity index (χ2n) is 4.95. The smallest absolute Gasteiger partial charge is 0.127 e. The van der Waals surface area contributed by atoms with E-state index in [0.29, 0.717) is 19.3 Å². The third-order valence-electron chi connectivity index (χ3n) is 3.79. The van der Waals surface area contributed by atoms with Crippen molar-refractivity contribution in [2.75, 3.05) is 40.5 Å². The highest BCUT2D eigenvalue weighted by Gasteiger charge is 2.30. The molecule has 0 saturated heterocycles. The van der Waals surface area contributed by atoms with Crippen molar-refractivity contribution >= 4 is 6.29 Å². The molecule has 108 valence electrons. The van der Waals surface area contributed by atoms with Crippen LogP contribution in [-0.4, -0.2) is 57.8 Å². The Labute approximate surface area is 112 Å². The predicted octanol–water partition coefficient (Wildman–Crippen LogP) is 1.97. The average molecular weight is 259 g/mol. The van der Waals surface area contributed by atoms with Gasteiger partial charge < -0.3 is 14.3 Å². The van der Waals surface area contributed by atoms with Crippen molar-refractivity contribution in [3.63, 3.8) is 0 Å². The molecule has 0 bridgehead atoms. The third-order valence-corrected chi connectivity index (χ3v) is 3.79. The van der Waals surface area contributed by atoms with Crippen molar-refractivity contribution < 1.29 is 14.3 Å². The van der Waals surface area contributed by atoms with Crippen LogP contribution in [0.15, 0.2) is 0 Å². The second-order valence-corrected chi connectivity index (χ2v) is 4.95. The van der Waals surface area contributed by atoms with Crippen LogP contribution >= 0.6 is 0 Å². The van der Waals surface area contributed by atoms with Gasteiger partial charge >= 0.3 is 0 Å². The largest absolute Gasteiger partial charge is 0.383 e. The molecule has 0 rings (SSSR count). The Balaban J connectivity index is 4.68. The lowest BCUT2D eigenvalue weighted by atomic mass is 9.83. The molecule has 0 radical (unpaired) electrons. The lowest BCUT2D eigenvalue weighted by Crippen LogP contribution is -2.46. The van der Waals surface area contributed by atoms with Gasteiger partial charge in [-0.1, -0.05) is 13.8 Å². The molecule has 0 N–H and O–H groups in total. The quantitative estimate of drug-likeness (QED) is 0.532. The van der Waals surface area contributed by atoms with Gasteiger partial charge in [-0.3, -0.25) is 4.90 Å². The van der Waals surface area contributed by atoms with Gasteiger partial charge in [0.25, 0.3) is 0 Å². The number of carbonyl (C=O) groups excluding carboxylic acids is 1. The number of hydrogen-bond acceptors (Lipinski definition) is 4. The molecule has 0 aromatic rings. The lowest BCUT2D eigenvalue weighted by molar-refractivity contribution is -0.118. The fourth-order valence-electron chi connectivity index (χ4n) is 2.09. The van der Waals surface area contributed by atoms with Crippen LogP contribution in [0.2, 0.25) is 0 Å². The summed E-state index contributed by atoms with van der Waals surface area (Å²) in [5, 5.41) is 0. The Morgan fingerprint density at radius 2 is 1.83 bits per heavy atom. The van der Waals surface area contributed by atoms with E-state index in [1.165, 1.54) is 0 Å². The van der Waals surface area contributed by atoms with Gasteiger partial charge in [0.2, 0.25) is 0 Å². The molecule has 0 aromatic heterocycles. The molecule has 0 aliphatic carbocycles. The first kappa shape index (κ1) is 17.6. The van der Waals surface area contributed by atoms with E-state index in [0.717, 1.165) is 32.2 Å². The summed E-state index contributed by atoms with van der Waals surface area (Å²) >= 11 is 0. The standard InChI is InChI=1S/C14H29NO3/c1-6-14(7-2,12-16)11-15(8-9-17-4)13(3)10-18-5/h12-13H,6-11H2,1-5H3. The van der Waals surface area contributed by atoms with Gasteiger partial charge in [-0.2, -0.15) is 0 Å².